The van der Waals surface area contributed by atoms with Gasteiger partial charge in [-0.25, -0.2) is 59.8 Å². The number of aromatic nitrogens is 24. The van der Waals surface area contributed by atoms with Crippen molar-refractivity contribution >= 4 is 104 Å². The lowest BCUT2D eigenvalue weighted by molar-refractivity contribution is -0.0389. The van der Waals surface area contributed by atoms with Gasteiger partial charge in [0.25, 0.3) is 0 Å². The van der Waals surface area contributed by atoms with E-state index in [0.717, 1.165) is 47.2 Å². The molecule has 0 bridgehead atoms. The molecule has 0 spiro atoms. The minimum atomic E-state index is -2.86. The number of anilines is 6. The van der Waals surface area contributed by atoms with Crippen molar-refractivity contribution in [3.8, 4) is 0 Å². The molecule has 19 N–H and O–H groups in total. The third-order valence-corrected chi connectivity index (χ3v) is 48.5. The van der Waals surface area contributed by atoms with Crippen LogP contribution in [0.5, 0.6) is 0 Å². The van der Waals surface area contributed by atoms with E-state index in [1.165, 1.54) is 62.2 Å². The molecule has 8 fully saturated rings. The second-order valence-electron chi connectivity index (χ2n) is 39.3. The minimum Gasteiger partial charge on any atom is -0.414 e. The Bertz CT molecular complexity index is 5900. The standard InChI is InChI=1S/C22H39N5O5Si2.C22H39N5O4Si2.C12H17N5O.C11H15N5O2.C10H13N5O4.C10H13N5O3/c1-12(2)33(13(3)4)29-10-17-20(31-34(32-33,14(5)6)15(7)8)18(28)19(30-17)16-9-26-27-21(16)24-11-25-22(27)23;1-13(2)32(14(3)4)28-11-20-19(30-33(31-32,15(5)6)16(7)8)9-18(29-20)17-10-26-27-21(17)24-12-25-22(27)23;1-3-9-7(2)4-10(18-9)8-5-16-17-11(8)14-6-15-12(17)13;1-6-2-8(18-9(6)4-17)7-3-15-16-10(7)13-5-14-11(16)12;11-10-13-3-12-9-4(1-14-15(9)10)8-7(18)6(17)5(2-16)19-8;11-10-13-4-12-9-5(2-14-15(9)10)7-1-6(17)8(3-16)18-7/h9,11-15,17-20,28H,10H2,1-8H3,(H2,23,24,25);10,12-16,18-20H,9,11H2,1-8H3,(H2,23,24,25);5-7,9-10H,3-4H2,1-2H3,(H2,13,14,15);3,5-6,8-9,17H,2,4H2,1H3,(H2,12,13,14);1,3,5-8,16-18H,2H2,(H2,11,12,13);2,4,6-8,16-17H,1,3H2,(H2,11,12,13)/t17-,18+,19+,20-;18-,19+,20-;7-,9+,10+;6-,8+,9+;5-,6-,7-,8+;6-,7+,8+/m110010/s1. The maximum absolute atomic E-state index is 11.5. The van der Waals surface area contributed by atoms with Crippen LogP contribution in [-0.2, 0) is 54.4 Å². The normalized spacial score (nSPS) is 28.6. The number of nitrogens with zero attached hydrogens (tertiary/aromatic N) is 24. The molecule has 0 amide bonds. The molecule has 12 aromatic rings. The molecule has 49 nitrogen and oxygen atoms in total. The molecule has 0 aliphatic carbocycles. The third-order valence-electron chi connectivity index (χ3n) is 28.0. The van der Waals surface area contributed by atoms with Gasteiger partial charge in [0.15, 0.2) is 33.9 Å². The van der Waals surface area contributed by atoms with Crippen LogP contribution in [0, 0.1) is 11.8 Å². The molecule has 8 aliphatic heterocycles. The first-order valence-corrected chi connectivity index (χ1v) is 55.7. The lowest BCUT2D eigenvalue weighted by Gasteiger charge is -2.51. The van der Waals surface area contributed by atoms with Crippen molar-refractivity contribution < 1.29 is 90.1 Å². The van der Waals surface area contributed by atoms with Crippen molar-refractivity contribution in [3.63, 3.8) is 0 Å². The Morgan fingerprint density at radius 2 is 0.621 bits per heavy atom. The Labute approximate surface area is 812 Å². The van der Waals surface area contributed by atoms with Gasteiger partial charge in [-0.15, -0.1) is 0 Å². The number of hydrogen-bond acceptors (Lipinski definition) is 43. The fourth-order valence-electron chi connectivity index (χ4n) is 20.3. The summed E-state index contributed by atoms with van der Waals surface area (Å²) in [5.74, 6) is 2.45. The highest BCUT2D eigenvalue weighted by Crippen LogP contribution is 2.53. The monoisotopic (exact) mass is 2020 g/mol. The van der Waals surface area contributed by atoms with Crippen LogP contribution in [0.1, 0.15) is 234 Å². The van der Waals surface area contributed by atoms with Crippen LogP contribution in [0.25, 0.3) is 33.9 Å². The first-order chi connectivity index (χ1) is 66.7. The van der Waals surface area contributed by atoms with Crippen molar-refractivity contribution in [1.29, 1.82) is 0 Å². The van der Waals surface area contributed by atoms with Gasteiger partial charge in [-0.1, -0.05) is 132 Å². The number of nitrogen functional groups attached to an aromatic ring is 6. The fraction of sp³-hybridized carbons (Fsp3) is 0.655. The van der Waals surface area contributed by atoms with Crippen molar-refractivity contribution in [3.05, 3.63) is 109 Å². The summed E-state index contributed by atoms with van der Waals surface area (Å²) in [5.41, 5.74) is 44.9. The summed E-state index contributed by atoms with van der Waals surface area (Å²) in [6.07, 6.45) is 13.8. The van der Waals surface area contributed by atoms with Gasteiger partial charge in [0.1, 0.15) is 99.0 Å². The molecule has 12 aromatic heterocycles. The largest absolute Gasteiger partial charge is 0.414 e. The summed E-state index contributed by atoms with van der Waals surface area (Å²) in [7, 11) is -10.8. The van der Waals surface area contributed by atoms with E-state index < -0.39 is 95.3 Å². The van der Waals surface area contributed by atoms with Crippen LogP contribution < -0.4 is 34.4 Å². The van der Waals surface area contributed by atoms with Crippen molar-refractivity contribution in [1.82, 2.24) is 117 Å². The first-order valence-electron chi connectivity index (χ1n) is 47.9. The molecule has 764 valence electrons. The SMILES string of the molecule is CC(C)[Si]1(C(C)C)OC[C@H]2O[C@@H](c3cnn4c(N)ncnc34)C[C@@H]2O[Si](C(C)C)(C(C)C)O1.CC(C)[Si]1(C(C)C)OC[C@H]2O[C@@H](c3cnn4c(N)ncnc34)[C@H](O)[C@@H]2O[Si](C(C)C)(C(C)C)O1.CC[C@H]1O[C@@H](c2cnn3c(N)ncnc23)C[C@@H]1C.C[C@H]1C[C@H](c2cnn3c(N)ncnc23)O[C@@H]1CO.Nc1ncnc2c([C@@H]3O[C@H](CO)[C@@H](O)[C@H]3O)cnn12.Nc1ncnc2c([C@H]3C[C@H](O)[C@@H](CO)O3)cnn12. The van der Waals surface area contributed by atoms with Gasteiger partial charge in [0.05, 0.1) is 119 Å². The second kappa shape index (κ2) is 43.0. The predicted octanol–water partition coefficient (Wildman–Crippen LogP) is 6.45. The molecule has 53 heteroatoms. The Morgan fingerprint density at radius 3 is 0.943 bits per heavy atom. The average molecular weight is 2020 g/mol. The number of ether oxygens (including phenoxy) is 6. The molecule has 20 heterocycles. The van der Waals surface area contributed by atoms with Gasteiger partial charge in [0.2, 0.25) is 35.7 Å². The van der Waals surface area contributed by atoms with Gasteiger partial charge in [0, 0.05) is 46.2 Å². The van der Waals surface area contributed by atoms with E-state index >= 15 is 0 Å². The van der Waals surface area contributed by atoms with Crippen molar-refractivity contribution in [2.24, 2.45) is 11.8 Å². The average Bonchev–Trinajstić information content (AvgIpc) is 1.47. The summed E-state index contributed by atoms with van der Waals surface area (Å²) < 4.78 is 86.8. The van der Waals surface area contributed by atoms with E-state index in [1.54, 1.807) is 40.0 Å². The summed E-state index contributed by atoms with van der Waals surface area (Å²) >= 11 is 0. The van der Waals surface area contributed by atoms with E-state index in [-0.39, 0.29) is 114 Å². The molecule has 20 rings (SSSR count). The Balaban J connectivity index is 0.000000130. The molecule has 0 saturated carbocycles. The molecule has 8 saturated heterocycles. The highest BCUT2D eigenvalue weighted by Gasteiger charge is 2.64. The van der Waals surface area contributed by atoms with Gasteiger partial charge in [-0.2, -0.15) is 57.7 Å². The van der Waals surface area contributed by atoms with E-state index in [9.17, 15) is 25.5 Å². The molecule has 0 aromatic carbocycles. The zero-order chi connectivity index (χ0) is 101. The maximum atomic E-state index is 11.5. The summed E-state index contributed by atoms with van der Waals surface area (Å²) in [6.45, 7) is 41.9. The number of fused-ring (bicyclic) bond motifs is 8. The van der Waals surface area contributed by atoms with E-state index in [0.29, 0.717) is 112 Å². The lowest BCUT2D eigenvalue weighted by Crippen LogP contribution is -2.65. The summed E-state index contributed by atoms with van der Waals surface area (Å²) in [4.78, 5) is 48.7. The molecular weight excluding hydrogens is 1880 g/mol. The van der Waals surface area contributed by atoms with Crippen LogP contribution in [0.15, 0.2) is 75.1 Å². The predicted molar refractivity (Wildman–Crippen MR) is 517 cm³/mol. The van der Waals surface area contributed by atoms with Crippen LogP contribution in [0.3, 0.4) is 0 Å². The molecule has 0 unspecified atom stereocenters. The fourth-order valence-corrected chi connectivity index (χ4v) is 42.7. The number of aliphatic hydroxyl groups excluding tert-OH is 7. The Hall–Kier alpha value is -9.79. The number of hydrogen-bond donors (Lipinski definition) is 13. The maximum Gasteiger partial charge on any atom is 0.335 e. The smallest absolute Gasteiger partial charge is 0.335 e. The third kappa shape index (κ3) is 20.0. The Morgan fingerprint density at radius 1 is 0.321 bits per heavy atom. The zero-order valence-electron chi connectivity index (χ0n) is 82.4. The minimum absolute atomic E-state index is 0.0357. The molecule has 0 radical (unpaired) electrons. The number of nitrogens with two attached hydrogens (primary N) is 6. The highest BCUT2D eigenvalue weighted by molar-refractivity contribution is 6.84. The topological polar surface area (TPSA) is 667 Å². The van der Waals surface area contributed by atoms with Crippen molar-refractivity contribution in [2.45, 2.75) is 318 Å². The highest BCUT2D eigenvalue weighted by atomic mass is 28.5. The van der Waals surface area contributed by atoms with Gasteiger partial charge in [-0.3, -0.25) is 0 Å². The van der Waals surface area contributed by atoms with Gasteiger partial charge >= 0.3 is 34.2 Å². The van der Waals surface area contributed by atoms with Gasteiger partial charge in [-0.05, 0) is 75.4 Å². The quantitative estimate of drug-likeness (QED) is 0.0410. The molecule has 8 aliphatic rings. The van der Waals surface area contributed by atoms with Crippen LogP contribution in [-0.4, -0.2) is 294 Å². The number of aliphatic hydroxyl groups is 7. The summed E-state index contributed by atoms with van der Waals surface area (Å²) in [6, 6.07) is 0. The Kier molecular flexibility index (Phi) is 32.1. The zero-order valence-corrected chi connectivity index (χ0v) is 86.4. The van der Waals surface area contributed by atoms with Crippen LogP contribution >= 0.6 is 0 Å². The second-order valence-corrected chi connectivity index (χ2v) is 57.0. The van der Waals surface area contributed by atoms with Crippen molar-refractivity contribution in [2.75, 3.05) is 67.4 Å². The van der Waals surface area contributed by atoms with E-state index in [1.807, 2.05) is 0 Å². The molecule has 20 atom stereocenters. The number of rotatable bonds is 18. The first kappa shape index (κ1) is 105. The van der Waals surface area contributed by atoms with E-state index in [4.69, 9.17) is 99.0 Å². The summed E-state index contributed by atoms with van der Waals surface area (Å²) in [5, 5.41) is 93.4. The van der Waals surface area contributed by atoms with E-state index in [2.05, 4.69) is 222 Å². The van der Waals surface area contributed by atoms with Crippen LogP contribution in [0.4, 0.5) is 35.7 Å². The molecule has 140 heavy (non-hydrogen) atoms. The van der Waals surface area contributed by atoms with Gasteiger partial charge < -0.3 is 125 Å². The lowest BCUT2D eigenvalue weighted by atomic mass is 9.98. The van der Waals surface area contributed by atoms with Crippen LogP contribution in [0.2, 0.25) is 44.3 Å². The molecular formula is C87H136N30O19Si4.